The van der Waals surface area contributed by atoms with E-state index >= 15 is 0 Å². The van der Waals surface area contributed by atoms with Crippen molar-refractivity contribution in [3.8, 4) is 5.82 Å². The molecule has 0 aliphatic rings. The Morgan fingerprint density at radius 1 is 0.963 bits per heavy atom. The highest BCUT2D eigenvalue weighted by molar-refractivity contribution is 5.94. The Morgan fingerprint density at radius 2 is 1.67 bits per heavy atom. The highest BCUT2D eigenvalue weighted by Gasteiger charge is 2.07. The molecule has 0 saturated carbocycles. The zero-order valence-corrected chi connectivity index (χ0v) is 15.3. The number of aryl methyl sites for hydroxylation is 1. The Kier molecular flexibility index (Phi) is 5.61. The number of nitrogens with one attached hydrogen (secondary N) is 2. The van der Waals surface area contributed by atoms with Crippen molar-refractivity contribution in [3.63, 3.8) is 0 Å². The van der Waals surface area contributed by atoms with Gasteiger partial charge in [-0.3, -0.25) is 14.2 Å². The lowest BCUT2D eigenvalue weighted by atomic mass is 10.1. The smallest absolute Gasteiger partial charge is 0.251 e. The number of aromatic nitrogens is 3. The lowest BCUT2D eigenvalue weighted by molar-refractivity contribution is -0.119. The first kappa shape index (κ1) is 18.3. The number of carbonyl (C=O) groups is 2. The molecule has 7 heteroatoms. The van der Waals surface area contributed by atoms with Crippen molar-refractivity contribution < 1.29 is 9.59 Å². The molecule has 0 spiro atoms. The zero-order valence-electron chi connectivity index (χ0n) is 15.3. The zero-order chi connectivity index (χ0) is 19.2. The minimum atomic E-state index is -0.157. The van der Waals surface area contributed by atoms with Crippen LogP contribution in [-0.4, -0.2) is 26.3 Å². The molecule has 3 rings (SSSR count). The summed E-state index contributed by atoms with van der Waals surface area (Å²) in [6.07, 6.45) is 5.33. The third-order valence-electron chi connectivity index (χ3n) is 4.09. The SMILES string of the molecule is CC(=O)NCc1ccc(C(=O)NCc2ccc(-n3ccnc3C)nc2)cc1. The maximum absolute atomic E-state index is 12.3. The van der Waals surface area contributed by atoms with Crippen molar-refractivity contribution in [2.75, 3.05) is 0 Å². The van der Waals surface area contributed by atoms with Crippen LogP contribution >= 0.6 is 0 Å². The van der Waals surface area contributed by atoms with E-state index in [9.17, 15) is 9.59 Å². The first-order chi connectivity index (χ1) is 13.0. The van der Waals surface area contributed by atoms with E-state index < -0.39 is 0 Å². The van der Waals surface area contributed by atoms with Crippen molar-refractivity contribution in [1.82, 2.24) is 25.2 Å². The van der Waals surface area contributed by atoms with Gasteiger partial charge in [-0.15, -0.1) is 0 Å². The molecule has 2 heterocycles. The first-order valence-corrected chi connectivity index (χ1v) is 8.60. The molecule has 0 atom stereocenters. The van der Waals surface area contributed by atoms with Crippen molar-refractivity contribution in [3.05, 3.63) is 77.5 Å². The first-order valence-electron chi connectivity index (χ1n) is 8.60. The molecule has 0 aliphatic carbocycles. The molecule has 27 heavy (non-hydrogen) atoms. The van der Waals surface area contributed by atoms with E-state index in [1.807, 2.05) is 42.0 Å². The van der Waals surface area contributed by atoms with Crippen molar-refractivity contribution in [2.45, 2.75) is 26.9 Å². The third-order valence-corrected chi connectivity index (χ3v) is 4.09. The molecular weight excluding hydrogens is 342 g/mol. The van der Waals surface area contributed by atoms with Crippen LogP contribution < -0.4 is 10.6 Å². The monoisotopic (exact) mass is 363 g/mol. The molecule has 0 aliphatic heterocycles. The van der Waals surface area contributed by atoms with Crippen molar-refractivity contribution in [2.24, 2.45) is 0 Å². The average molecular weight is 363 g/mol. The maximum Gasteiger partial charge on any atom is 0.251 e. The summed E-state index contributed by atoms with van der Waals surface area (Å²) < 4.78 is 1.89. The number of imidazole rings is 1. The molecule has 1 aromatic carbocycles. The second-order valence-electron chi connectivity index (χ2n) is 6.16. The second-order valence-corrected chi connectivity index (χ2v) is 6.16. The Hall–Kier alpha value is -3.48. The van der Waals surface area contributed by atoms with Gasteiger partial charge < -0.3 is 10.6 Å². The molecular formula is C20H21N5O2. The van der Waals surface area contributed by atoms with E-state index in [1.165, 1.54) is 6.92 Å². The predicted octanol–water partition coefficient (Wildman–Crippen LogP) is 2.14. The van der Waals surface area contributed by atoms with E-state index in [2.05, 4.69) is 20.6 Å². The molecule has 0 fully saturated rings. The van der Waals surface area contributed by atoms with Gasteiger partial charge in [-0.25, -0.2) is 9.97 Å². The Labute approximate surface area is 157 Å². The van der Waals surface area contributed by atoms with Crippen LogP contribution in [0.1, 0.15) is 34.2 Å². The van der Waals surface area contributed by atoms with E-state index in [0.29, 0.717) is 18.7 Å². The van der Waals surface area contributed by atoms with Crippen molar-refractivity contribution in [1.29, 1.82) is 0 Å². The van der Waals surface area contributed by atoms with Crippen LogP contribution in [0.25, 0.3) is 5.82 Å². The van der Waals surface area contributed by atoms with Gasteiger partial charge in [0.15, 0.2) is 0 Å². The van der Waals surface area contributed by atoms with E-state index in [-0.39, 0.29) is 11.8 Å². The van der Waals surface area contributed by atoms with Gasteiger partial charge in [0, 0.05) is 44.2 Å². The number of hydrogen-bond donors (Lipinski definition) is 2. The summed E-state index contributed by atoms with van der Waals surface area (Å²) in [6.45, 7) is 4.23. The summed E-state index contributed by atoms with van der Waals surface area (Å²) in [4.78, 5) is 31.8. The topological polar surface area (TPSA) is 88.9 Å². The van der Waals surface area contributed by atoms with Crippen LogP contribution in [0.15, 0.2) is 55.0 Å². The number of nitrogens with zero attached hydrogens (tertiary/aromatic N) is 3. The summed E-state index contributed by atoms with van der Waals surface area (Å²) >= 11 is 0. The number of carbonyl (C=O) groups excluding carboxylic acids is 2. The van der Waals surface area contributed by atoms with Crippen LogP contribution in [0, 0.1) is 6.92 Å². The van der Waals surface area contributed by atoms with Gasteiger partial charge >= 0.3 is 0 Å². The van der Waals surface area contributed by atoms with Crippen LogP contribution in [0.4, 0.5) is 0 Å². The fourth-order valence-corrected chi connectivity index (χ4v) is 2.57. The number of pyridine rings is 1. The molecule has 7 nitrogen and oxygen atoms in total. The summed E-state index contributed by atoms with van der Waals surface area (Å²) in [5.74, 6) is 1.41. The molecule has 2 aromatic heterocycles. The summed E-state index contributed by atoms with van der Waals surface area (Å²) in [5, 5.41) is 5.61. The predicted molar refractivity (Wildman–Crippen MR) is 101 cm³/mol. The van der Waals surface area contributed by atoms with Crippen LogP contribution in [-0.2, 0) is 17.9 Å². The van der Waals surface area contributed by atoms with Gasteiger partial charge in [0.1, 0.15) is 11.6 Å². The summed E-state index contributed by atoms with van der Waals surface area (Å²) in [5.41, 5.74) is 2.42. The molecule has 0 radical (unpaired) electrons. The largest absolute Gasteiger partial charge is 0.352 e. The van der Waals surface area contributed by atoms with Gasteiger partial charge in [0.2, 0.25) is 5.91 Å². The highest BCUT2D eigenvalue weighted by atomic mass is 16.2. The van der Waals surface area contributed by atoms with Crippen LogP contribution in [0.3, 0.4) is 0 Å². The molecule has 2 amide bonds. The molecule has 0 saturated heterocycles. The molecule has 0 unspecified atom stereocenters. The fourth-order valence-electron chi connectivity index (χ4n) is 2.57. The lowest BCUT2D eigenvalue weighted by Crippen LogP contribution is -2.23. The number of benzene rings is 1. The van der Waals surface area contributed by atoms with Crippen molar-refractivity contribution >= 4 is 11.8 Å². The molecule has 2 N–H and O–H groups in total. The summed E-state index contributed by atoms with van der Waals surface area (Å²) in [7, 11) is 0. The quantitative estimate of drug-likeness (QED) is 0.702. The Balaban J connectivity index is 1.56. The van der Waals surface area contributed by atoms with Gasteiger partial charge in [-0.1, -0.05) is 18.2 Å². The normalized spacial score (nSPS) is 10.4. The van der Waals surface area contributed by atoms with Gasteiger partial charge in [-0.2, -0.15) is 0 Å². The molecule has 0 bridgehead atoms. The summed E-state index contributed by atoms with van der Waals surface area (Å²) in [6, 6.07) is 11.0. The van der Waals surface area contributed by atoms with E-state index in [1.54, 1.807) is 24.5 Å². The lowest BCUT2D eigenvalue weighted by Gasteiger charge is -2.08. The standard InChI is InChI=1S/C20H21N5O2/c1-14-21-9-10-25(14)19-8-5-17(12-23-19)13-24-20(27)18-6-3-16(4-7-18)11-22-15(2)26/h3-10,12H,11,13H2,1-2H3,(H,22,26)(H,24,27). The van der Waals surface area contributed by atoms with Gasteiger partial charge in [0.05, 0.1) is 0 Å². The maximum atomic E-state index is 12.3. The number of hydrogen-bond acceptors (Lipinski definition) is 4. The average Bonchev–Trinajstić information content (AvgIpc) is 3.11. The molecule has 138 valence electrons. The highest BCUT2D eigenvalue weighted by Crippen LogP contribution is 2.09. The van der Waals surface area contributed by atoms with Crippen LogP contribution in [0.5, 0.6) is 0 Å². The minimum absolute atomic E-state index is 0.0837. The Bertz CT molecular complexity index is 930. The van der Waals surface area contributed by atoms with E-state index in [0.717, 1.165) is 22.8 Å². The van der Waals surface area contributed by atoms with Gasteiger partial charge in [0.25, 0.3) is 5.91 Å². The number of rotatable bonds is 6. The number of amides is 2. The fraction of sp³-hybridized carbons (Fsp3) is 0.200. The third kappa shape index (κ3) is 4.78. The van der Waals surface area contributed by atoms with Crippen LogP contribution in [0.2, 0.25) is 0 Å². The van der Waals surface area contributed by atoms with Gasteiger partial charge in [-0.05, 0) is 36.2 Å². The van der Waals surface area contributed by atoms with E-state index in [4.69, 9.17) is 0 Å². The molecule has 3 aromatic rings. The Morgan fingerprint density at radius 3 is 2.26 bits per heavy atom. The second kappa shape index (κ2) is 8.27. The minimum Gasteiger partial charge on any atom is -0.352 e.